The second kappa shape index (κ2) is 13.8. The largest absolute Gasteiger partial charge is 0.466 e. The third-order valence-electron chi connectivity index (χ3n) is 8.71. The monoisotopic (exact) mass is 729 g/mol. The molecule has 7 rings (SSSR count). The Balaban J connectivity index is 1.13. The van der Waals surface area contributed by atoms with Gasteiger partial charge >= 0.3 is 5.97 Å². The summed E-state index contributed by atoms with van der Waals surface area (Å²) in [6.07, 6.45) is -1.08. The van der Waals surface area contributed by atoms with Crippen LogP contribution in [0, 0.1) is 11.6 Å². The number of piperazine rings is 1. The number of benzene rings is 2. The molecule has 2 aromatic heterocycles. The number of aliphatic hydroxyl groups is 3. The molecule has 49 heavy (non-hydrogen) atoms. The summed E-state index contributed by atoms with van der Waals surface area (Å²) >= 11 is 9.13. The lowest BCUT2D eigenvalue weighted by Crippen LogP contribution is -2.54. The van der Waals surface area contributed by atoms with Crippen LogP contribution in [-0.4, -0.2) is 99.1 Å². The number of fused-ring (bicyclic) bond motifs is 1. The number of anilines is 1. The van der Waals surface area contributed by atoms with Crippen LogP contribution in [0.2, 0.25) is 5.02 Å². The van der Waals surface area contributed by atoms with Crippen molar-refractivity contribution in [3.05, 3.63) is 97.4 Å². The van der Waals surface area contributed by atoms with Crippen molar-refractivity contribution in [2.45, 2.75) is 24.7 Å². The van der Waals surface area contributed by atoms with Crippen molar-refractivity contribution in [3.8, 4) is 11.3 Å². The van der Waals surface area contributed by atoms with Crippen LogP contribution in [0.25, 0.3) is 11.3 Å². The summed E-state index contributed by atoms with van der Waals surface area (Å²) in [6, 6.07) is 6.91. The summed E-state index contributed by atoms with van der Waals surface area (Å²) in [5.74, 6) is -1.31. The molecule has 0 amide bonds. The van der Waals surface area contributed by atoms with E-state index in [0.29, 0.717) is 65.7 Å². The van der Waals surface area contributed by atoms with Crippen molar-refractivity contribution in [1.29, 1.82) is 0 Å². The number of nitrogens with zero attached hydrogens (tertiary/aromatic N) is 6. The molecule has 2 aromatic carbocycles. The number of methoxy groups -OCH3 is 1. The molecule has 3 aliphatic heterocycles. The first-order valence-electron chi connectivity index (χ1n) is 15.2. The summed E-state index contributed by atoms with van der Waals surface area (Å²) in [6.45, 7) is 2.37. The third kappa shape index (κ3) is 6.58. The second-order valence-corrected chi connectivity index (χ2v) is 13.8. The Labute approximate surface area is 292 Å². The molecule has 2 fully saturated rings. The summed E-state index contributed by atoms with van der Waals surface area (Å²) < 4.78 is 34.0. The lowest BCUT2D eigenvalue weighted by atomic mass is 9.95. The van der Waals surface area contributed by atoms with Gasteiger partial charge in [0.15, 0.2) is 28.6 Å². The number of carbonyl (C=O) groups excluding carboxylic acids is 1. The van der Waals surface area contributed by atoms with Crippen molar-refractivity contribution < 1.29 is 33.6 Å². The smallest absolute Gasteiger partial charge is 0.338 e. The fraction of sp³-hybridized carbons (Fsp3) is 0.312. The number of nitrogens with one attached hydrogen (secondary N) is 1. The molecular weight excluding hydrogens is 700 g/mol. The van der Waals surface area contributed by atoms with Crippen LogP contribution >= 0.6 is 34.3 Å². The van der Waals surface area contributed by atoms with E-state index in [1.54, 1.807) is 16.5 Å². The lowest BCUT2D eigenvalue weighted by molar-refractivity contribution is -0.136. The number of hydrogen-bond acceptors (Lipinski definition) is 14. The Morgan fingerprint density at radius 3 is 2.71 bits per heavy atom. The Kier molecular flexibility index (Phi) is 9.47. The highest BCUT2D eigenvalue weighted by atomic mass is 35.5. The first-order chi connectivity index (χ1) is 23.6. The van der Waals surface area contributed by atoms with Gasteiger partial charge in [-0.1, -0.05) is 23.7 Å². The van der Waals surface area contributed by atoms with Crippen molar-refractivity contribution in [1.82, 2.24) is 25.1 Å². The van der Waals surface area contributed by atoms with Crippen LogP contribution in [-0.2, 0) is 9.53 Å². The Morgan fingerprint density at radius 1 is 1.16 bits per heavy atom. The van der Waals surface area contributed by atoms with Gasteiger partial charge in [0, 0.05) is 83.1 Å². The summed E-state index contributed by atoms with van der Waals surface area (Å²) in [7, 11) is 1.29. The predicted octanol–water partition coefficient (Wildman–Crippen LogP) is 3.48. The molecule has 0 bridgehead atoms. The number of carbonyl (C=O) groups is 1. The molecule has 0 radical (unpaired) electrons. The van der Waals surface area contributed by atoms with Crippen molar-refractivity contribution in [3.63, 3.8) is 0 Å². The van der Waals surface area contributed by atoms with Crippen LogP contribution in [0.4, 0.5) is 13.9 Å². The first kappa shape index (κ1) is 33.6. The van der Waals surface area contributed by atoms with Crippen LogP contribution in [0.5, 0.6) is 0 Å². The normalized spacial score (nSPS) is 21.6. The van der Waals surface area contributed by atoms with Gasteiger partial charge in [-0.25, -0.2) is 23.5 Å². The number of aliphatic hydroxyl groups excluding tert-OH is 2. The van der Waals surface area contributed by atoms with Gasteiger partial charge in [-0.15, -0.1) is 22.7 Å². The third-order valence-corrected chi connectivity index (χ3v) is 10.7. The van der Waals surface area contributed by atoms with Gasteiger partial charge in [0.1, 0.15) is 17.7 Å². The Bertz CT molecular complexity index is 1940. The van der Waals surface area contributed by atoms with E-state index in [2.05, 4.69) is 20.2 Å². The zero-order chi connectivity index (χ0) is 34.4. The predicted molar refractivity (Wildman–Crippen MR) is 180 cm³/mol. The highest BCUT2D eigenvalue weighted by Gasteiger charge is 2.43. The van der Waals surface area contributed by atoms with E-state index >= 15 is 0 Å². The van der Waals surface area contributed by atoms with E-state index in [0.717, 1.165) is 6.07 Å². The quantitative estimate of drug-likeness (QED) is 0.156. The molecule has 3 atom stereocenters. The minimum Gasteiger partial charge on any atom is -0.466 e. The van der Waals surface area contributed by atoms with Crippen molar-refractivity contribution in [2.24, 2.45) is 4.99 Å². The molecule has 0 saturated carbocycles. The van der Waals surface area contributed by atoms with Crippen LogP contribution in [0.3, 0.4) is 0 Å². The summed E-state index contributed by atoms with van der Waals surface area (Å²) in [5, 5.41) is 38.1. The molecule has 0 aliphatic carbocycles. The van der Waals surface area contributed by atoms with Crippen molar-refractivity contribution in [2.75, 3.05) is 44.7 Å². The zero-order valence-electron chi connectivity index (χ0n) is 25.8. The van der Waals surface area contributed by atoms with Gasteiger partial charge in [-0.05, 0) is 24.3 Å². The minimum absolute atomic E-state index is 0.0347. The van der Waals surface area contributed by atoms with E-state index in [4.69, 9.17) is 21.3 Å². The molecule has 0 spiro atoms. The van der Waals surface area contributed by atoms with Crippen LogP contribution in [0.1, 0.15) is 28.5 Å². The molecule has 4 N–H and O–H groups in total. The Hall–Kier alpha value is -3.87. The number of thiazole rings is 2. The fourth-order valence-electron chi connectivity index (χ4n) is 6.33. The van der Waals surface area contributed by atoms with Gasteiger partial charge in [-0.2, -0.15) is 0 Å². The van der Waals surface area contributed by atoms with E-state index in [1.165, 1.54) is 60.1 Å². The van der Waals surface area contributed by atoms with Crippen LogP contribution < -0.4 is 10.2 Å². The maximum Gasteiger partial charge on any atom is 0.338 e. The average Bonchev–Trinajstić information content (AvgIpc) is 3.85. The lowest BCUT2D eigenvalue weighted by Gasteiger charge is -2.39. The zero-order valence-corrected chi connectivity index (χ0v) is 28.2. The van der Waals surface area contributed by atoms with Gasteiger partial charge in [0.2, 0.25) is 0 Å². The van der Waals surface area contributed by atoms with E-state index in [-0.39, 0.29) is 27.8 Å². The number of esters is 1. The number of rotatable bonds is 8. The standard InChI is InChI=1S/C32H30ClF2N7O5S2/c1-47-30(45)25-23(37-27(28-36-6-9-48-28)39-26(25)19-5-3-17(34)11-21(19)33)14-40-7-8-41-18(12-40)13-42(32(41)46)31-38-24(15-49-31)20-4-2-16(29(43)44)10-22(20)35/h2-6,9-11,15,18,26,29,32,43-44,46H,7-8,12-14H2,1H3,(H,37,39)/t18-,26-,32?/m0/s1. The van der Waals surface area contributed by atoms with E-state index < -0.39 is 36.3 Å². The molecule has 12 nitrogen and oxygen atoms in total. The van der Waals surface area contributed by atoms with Crippen molar-refractivity contribution >= 4 is 51.2 Å². The van der Waals surface area contributed by atoms with Gasteiger partial charge in [0.25, 0.3) is 0 Å². The average molecular weight is 730 g/mol. The highest BCUT2D eigenvalue weighted by molar-refractivity contribution is 7.14. The summed E-state index contributed by atoms with van der Waals surface area (Å²) in [4.78, 5) is 33.0. The molecule has 5 heterocycles. The van der Waals surface area contributed by atoms with E-state index in [1.807, 2.05) is 10.3 Å². The minimum atomic E-state index is -1.79. The maximum atomic E-state index is 14.8. The van der Waals surface area contributed by atoms with Gasteiger partial charge in [-0.3, -0.25) is 14.8 Å². The second-order valence-electron chi connectivity index (χ2n) is 11.6. The number of ether oxygens (including phenoxy) is 1. The number of halogens is 3. The molecule has 1 unspecified atom stereocenters. The van der Waals surface area contributed by atoms with Gasteiger partial charge in [0.05, 0.1) is 18.4 Å². The highest BCUT2D eigenvalue weighted by Crippen LogP contribution is 2.38. The molecular formula is C32H30ClF2N7O5S2. The first-order valence-corrected chi connectivity index (χ1v) is 17.3. The Morgan fingerprint density at radius 2 is 2.00 bits per heavy atom. The fourth-order valence-corrected chi connectivity index (χ4v) is 8.04. The number of aliphatic imine (C=N–C) groups is 1. The number of aromatic nitrogens is 2. The summed E-state index contributed by atoms with van der Waals surface area (Å²) in [5.41, 5.74) is 1.85. The molecule has 4 aromatic rings. The number of hydrogen-bond donors (Lipinski definition) is 4. The SMILES string of the molecule is COC(=O)C1=C(CN2CCN3C(O)N(c4nc(-c5ccc(C(O)O)cc5F)cs4)C[C@@H]3C2)NC(c2nccs2)=N[C@H]1c1ccc(F)cc1Cl. The molecule has 256 valence electrons. The topological polar surface area (TPSA) is 147 Å². The van der Waals surface area contributed by atoms with Gasteiger partial charge < -0.3 is 30.3 Å². The maximum absolute atomic E-state index is 14.8. The molecule has 2 saturated heterocycles. The number of amidine groups is 1. The van der Waals surface area contributed by atoms with Crippen LogP contribution in [0.15, 0.2) is 69.6 Å². The van der Waals surface area contributed by atoms with E-state index in [9.17, 15) is 28.9 Å². The molecule has 17 heteroatoms. The molecule has 3 aliphatic rings.